The molecule has 1 aliphatic heterocycles. The van der Waals surface area contributed by atoms with Crippen molar-refractivity contribution in [1.29, 1.82) is 0 Å². The number of hydrogen-bond acceptors (Lipinski definition) is 3. The fourth-order valence-electron chi connectivity index (χ4n) is 3.65. The van der Waals surface area contributed by atoms with Crippen molar-refractivity contribution in [3.05, 3.63) is 78.4 Å². The van der Waals surface area contributed by atoms with Crippen molar-refractivity contribution in [3.63, 3.8) is 0 Å². The lowest BCUT2D eigenvalue weighted by Gasteiger charge is -2.34. The molecule has 0 amide bonds. The van der Waals surface area contributed by atoms with Gasteiger partial charge in [-0.05, 0) is 17.7 Å². The molecule has 0 aliphatic carbocycles. The van der Waals surface area contributed by atoms with E-state index in [0.717, 1.165) is 62.8 Å². The van der Waals surface area contributed by atoms with Gasteiger partial charge in [-0.25, -0.2) is 9.37 Å². The summed E-state index contributed by atoms with van der Waals surface area (Å²) in [5, 5.41) is 0. The van der Waals surface area contributed by atoms with E-state index >= 15 is 0 Å². The minimum atomic E-state index is -0.152. The first-order valence-electron chi connectivity index (χ1n) is 9.54. The molecule has 140 valence electrons. The van der Waals surface area contributed by atoms with E-state index in [1.807, 2.05) is 30.5 Å². The maximum atomic E-state index is 13.3. The summed E-state index contributed by atoms with van der Waals surface area (Å²) in [5.74, 6) is 0.876. The topological polar surface area (TPSA) is 24.3 Å². The molecule has 0 N–H and O–H groups in total. The first-order valence-corrected chi connectivity index (χ1v) is 9.54. The number of benzene rings is 2. The highest BCUT2D eigenvalue weighted by Gasteiger charge is 2.17. The van der Waals surface area contributed by atoms with Crippen LogP contribution in [-0.2, 0) is 13.1 Å². The summed E-state index contributed by atoms with van der Waals surface area (Å²) in [6, 6.07) is 17.3. The second-order valence-corrected chi connectivity index (χ2v) is 7.06. The van der Waals surface area contributed by atoms with E-state index in [0.29, 0.717) is 0 Å². The molecule has 5 heteroatoms. The summed E-state index contributed by atoms with van der Waals surface area (Å²) >= 11 is 0. The number of piperazine rings is 1. The Balaban J connectivity index is 1.28. The van der Waals surface area contributed by atoms with Gasteiger partial charge in [0.25, 0.3) is 0 Å². The number of rotatable bonds is 6. The predicted octanol–water partition coefficient (Wildman–Crippen LogP) is 3.51. The van der Waals surface area contributed by atoms with Crippen molar-refractivity contribution in [3.8, 4) is 11.4 Å². The number of imidazole rings is 1. The Labute approximate surface area is 159 Å². The lowest BCUT2D eigenvalue weighted by atomic mass is 10.2. The van der Waals surface area contributed by atoms with E-state index in [9.17, 15) is 4.39 Å². The van der Waals surface area contributed by atoms with Gasteiger partial charge in [-0.15, -0.1) is 0 Å². The van der Waals surface area contributed by atoms with Crippen molar-refractivity contribution in [1.82, 2.24) is 19.4 Å². The average molecular weight is 364 g/mol. The van der Waals surface area contributed by atoms with Gasteiger partial charge in [0.15, 0.2) is 0 Å². The summed E-state index contributed by atoms with van der Waals surface area (Å²) in [4.78, 5) is 9.42. The highest BCUT2D eigenvalue weighted by Crippen LogP contribution is 2.17. The van der Waals surface area contributed by atoms with Crippen LogP contribution in [0.1, 0.15) is 5.56 Å². The summed E-state index contributed by atoms with van der Waals surface area (Å²) in [6.07, 6.45) is 3.93. The molecule has 1 saturated heterocycles. The minimum absolute atomic E-state index is 0.152. The maximum absolute atomic E-state index is 13.3. The molecule has 0 bridgehead atoms. The zero-order valence-electron chi connectivity index (χ0n) is 15.5. The van der Waals surface area contributed by atoms with Crippen LogP contribution in [0.25, 0.3) is 11.4 Å². The van der Waals surface area contributed by atoms with E-state index < -0.39 is 0 Å². The van der Waals surface area contributed by atoms with E-state index in [2.05, 4.69) is 37.7 Å². The molecule has 1 fully saturated rings. The SMILES string of the molecule is Fc1cccc(CN2CCN(CCn3ccnc3-c3ccccc3)CC2)c1. The van der Waals surface area contributed by atoms with Crippen LogP contribution < -0.4 is 0 Å². The van der Waals surface area contributed by atoms with Gasteiger partial charge in [0, 0.05) is 63.8 Å². The second-order valence-electron chi connectivity index (χ2n) is 7.06. The molecule has 2 heterocycles. The molecule has 0 unspecified atom stereocenters. The largest absolute Gasteiger partial charge is 0.330 e. The van der Waals surface area contributed by atoms with E-state index in [-0.39, 0.29) is 5.82 Å². The lowest BCUT2D eigenvalue weighted by Crippen LogP contribution is -2.46. The summed E-state index contributed by atoms with van der Waals surface area (Å²) in [7, 11) is 0. The Morgan fingerprint density at radius 3 is 2.41 bits per heavy atom. The normalized spacial score (nSPS) is 15.9. The smallest absolute Gasteiger partial charge is 0.139 e. The standard InChI is InChI=1S/C22H25FN4/c23-21-8-4-5-19(17-21)18-26-13-11-25(12-14-26)15-16-27-10-9-24-22(27)20-6-2-1-3-7-20/h1-10,17H,11-16,18H2. The molecule has 0 atom stereocenters. The molecule has 1 aliphatic rings. The fraction of sp³-hybridized carbons (Fsp3) is 0.318. The first-order chi connectivity index (χ1) is 13.3. The Kier molecular flexibility index (Phi) is 5.61. The van der Waals surface area contributed by atoms with Crippen molar-refractivity contribution >= 4 is 0 Å². The van der Waals surface area contributed by atoms with Crippen LogP contribution >= 0.6 is 0 Å². The van der Waals surface area contributed by atoms with Gasteiger partial charge in [-0.3, -0.25) is 9.80 Å². The van der Waals surface area contributed by atoms with Crippen LogP contribution in [0, 0.1) is 5.82 Å². The summed E-state index contributed by atoms with van der Waals surface area (Å²) in [5.41, 5.74) is 2.21. The zero-order chi connectivity index (χ0) is 18.5. The third kappa shape index (κ3) is 4.62. The van der Waals surface area contributed by atoms with Gasteiger partial charge in [0.05, 0.1) is 0 Å². The molecule has 0 saturated carbocycles. The van der Waals surface area contributed by atoms with Crippen LogP contribution in [-0.4, -0.2) is 52.1 Å². The minimum Gasteiger partial charge on any atom is -0.330 e. The Bertz CT molecular complexity index is 854. The van der Waals surface area contributed by atoms with Crippen molar-refractivity contribution in [2.45, 2.75) is 13.1 Å². The second kappa shape index (κ2) is 8.46. The first kappa shape index (κ1) is 17.9. The van der Waals surface area contributed by atoms with Gasteiger partial charge >= 0.3 is 0 Å². The Morgan fingerprint density at radius 2 is 1.63 bits per heavy atom. The van der Waals surface area contributed by atoms with Gasteiger partial charge in [-0.2, -0.15) is 0 Å². The molecule has 27 heavy (non-hydrogen) atoms. The van der Waals surface area contributed by atoms with Crippen LogP contribution in [0.3, 0.4) is 0 Å². The third-order valence-electron chi connectivity index (χ3n) is 5.16. The van der Waals surface area contributed by atoms with E-state index in [1.165, 1.54) is 6.07 Å². The molecule has 4 rings (SSSR count). The van der Waals surface area contributed by atoms with Crippen LogP contribution in [0.5, 0.6) is 0 Å². The van der Waals surface area contributed by atoms with Crippen LogP contribution in [0.15, 0.2) is 67.0 Å². The predicted molar refractivity (Wildman–Crippen MR) is 106 cm³/mol. The van der Waals surface area contributed by atoms with Crippen molar-refractivity contribution < 1.29 is 4.39 Å². The quantitative estimate of drug-likeness (QED) is 0.669. The zero-order valence-corrected chi connectivity index (χ0v) is 15.5. The van der Waals surface area contributed by atoms with E-state index in [1.54, 1.807) is 12.1 Å². The van der Waals surface area contributed by atoms with Crippen LogP contribution in [0.4, 0.5) is 4.39 Å². The van der Waals surface area contributed by atoms with Gasteiger partial charge in [0.1, 0.15) is 11.6 Å². The van der Waals surface area contributed by atoms with Gasteiger partial charge < -0.3 is 4.57 Å². The van der Waals surface area contributed by atoms with E-state index in [4.69, 9.17) is 0 Å². The summed E-state index contributed by atoms with van der Waals surface area (Å²) < 4.78 is 15.6. The summed E-state index contributed by atoms with van der Waals surface area (Å²) in [6.45, 7) is 6.91. The number of aromatic nitrogens is 2. The molecule has 1 aromatic heterocycles. The highest BCUT2D eigenvalue weighted by molar-refractivity contribution is 5.55. The van der Waals surface area contributed by atoms with Crippen molar-refractivity contribution in [2.24, 2.45) is 0 Å². The molecule has 3 aromatic rings. The molecule has 2 aromatic carbocycles. The Morgan fingerprint density at radius 1 is 0.852 bits per heavy atom. The fourth-order valence-corrected chi connectivity index (χ4v) is 3.65. The van der Waals surface area contributed by atoms with Crippen LogP contribution in [0.2, 0.25) is 0 Å². The molecular weight excluding hydrogens is 339 g/mol. The van der Waals surface area contributed by atoms with Gasteiger partial charge in [0.2, 0.25) is 0 Å². The average Bonchev–Trinajstić information content (AvgIpc) is 3.17. The molecule has 0 radical (unpaired) electrons. The Hall–Kier alpha value is -2.50. The number of nitrogens with zero attached hydrogens (tertiary/aromatic N) is 4. The third-order valence-corrected chi connectivity index (χ3v) is 5.16. The molecule has 4 nitrogen and oxygen atoms in total. The molecule has 0 spiro atoms. The highest BCUT2D eigenvalue weighted by atomic mass is 19.1. The lowest BCUT2D eigenvalue weighted by molar-refractivity contribution is 0.124. The van der Waals surface area contributed by atoms with Gasteiger partial charge in [-0.1, -0.05) is 42.5 Å². The monoisotopic (exact) mass is 364 g/mol. The maximum Gasteiger partial charge on any atom is 0.139 e. The molecular formula is C22H25FN4. The van der Waals surface area contributed by atoms with Crippen molar-refractivity contribution in [2.75, 3.05) is 32.7 Å². The number of hydrogen-bond donors (Lipinski definition) is 0. The number of halogens is 1.